The van der Waals surface area contributed by atoms with E-state index < -0.39 is 0 Å². The predicted octanol–water partition coefficient (Wildman–Crippen LogP) is 4.70. The van der Waals surface area contributed by atoms with Gasteiger partial charge in [-0.05, 0) is 56.0 Å². The second-order valence-corrected chi connectivity index (χ2v) is 5.72. The lowest BCUT2D eigenvalue weighted by Crippen LogP contribution is -2.21. The minimum Gasteiger partial charge on any atom is -0.356 e. The Morgan fingerprint density at radius 1 is 1.18 bits per heavy atom. The molecule has 2 nitrogen and oxygen atoms in total. The van der Waals surface area contributed by atoms with Crippen molar-refractivity contribution in [2.45, 2.75) is 20.8 Å². The summed E-state index contributed by atoms with van der Waals surface area (Å²) in [5.74, 6) is 0. The number of fused-ring (bicyclic) bond motifs is 3. The molecule has 3 rings (SSSR count). The van der Waals surface area contributed by atoms with Gasteiger partial charge in [0.15, 0.2) is 12.4 Å². The fourth-order valence-electron chi connectivity index (χ4n) is 2.78. The maximum atomic E-state index is 4.02. The number of benzene rings is 1. The molecule has 1 N–H and O–H groups in total. The molecule has 0 saturated heterocycles. The Bertz CT molecular complexity index is 904. The van der Waals surface area contributed by atoms with E-state index in [9.17, 15) is 0 Å². The van der Waals surface area contributed by atoms with Crippen molar-refractivity contribution >= 4 is 22.0 Å². The first-order valence-corrected chi connectivity index (χ1v) is 7.52. The first-order valence-electron chi connectivity index (χ1n) is 7.52. The van der Waals surface area contributed by atoms with Crippen LogP contribution in [0.15, 0.2) is 67.2 Å². The van der Waals surface area contributed by atoms with Gasteiger partial charge in [0, 0.05) is 29.1 Å². The molecule has 0 amide bonds. The SMILES string of the molecule is C=C(/C=C\C)Nc1cc2cc[n+]3cc(C)ccc3c2cc1C. The van der Waals surface area contributed by atoms with Crippen LogP contribution < -0.4 is 9.72 Å². The number of pyridine rings is 2. The van der Waals surface area contributed by atoms with Crippen LogP contribution in [0.25, 0.3) is 16.3 Å². The van der Waals surface area contributed by atoms with E-state index in [4.69, 9.17) is 0 Å². The van der Waals surface area contributed by atoms with Crippen molar-refractivity contribution in [2.24, 2.45) is 0 Å². The lowest BCUT2D eigenvalue weighted by Gasteiger charge is -2.11. The van der Waals surface area contributed by atoms with Crippen LogP contribution >= 0.6 is 0 Å². The number of nitrogens with one attached hydrogen (secondary N) is 1. The summed E-state index contributed by atoms with van der Waals surface area (Å²) in [6, 6.07) is 10.9. The number of hydrogen-bond donors (Lipinski definition) is 1. The number of anilines is 1. The molecular formula is C20H21N2+. The molecule has 0 fully saturated rings. The molecule has 3 aromatic rings. The molecular weight excluding hydrogens is 268 g/mol. The van der Waals surface area contributed by atoms with E-state index in [-0.39, 0.29) is 0 Å². The van der Waals surface area contributed by atoms with Crippen LogP contribution in [0.3, 0.4) is 0 Å². The van der Waals surface area contributed by atoms with Crippen LogP contribution in [-0.2, 0) is 0 Å². The van der Waals surface area contributed by atoms with Gasteiger partial charge in [0.05, 0.1) is 5.39 Å². The minimum absolute atomic E-state index is 0.899. The zero-order chi connectivity index (χ0) is 15.7. The summed E-state index contributed by atoms with van der Waals surface area (Å²) >= 11 is 0. The molecule has 2 heteroatoms. The molecule has 0 atom stereocenters. The van der Waals surface area contributed by atoms with E-state index in [0.29, 0.717) is 0 Å². The quantitative estimate of drug-likeness (QED) is 0.420. The van der Waals surface area contributed by atoms with Crippen molar-refractivity contribution in [2.75, 3.05) is 5.32 Å². The van der Waals surface area contributed by atoms with E-state index >= 15 is 0 Å². The second kappa shape index (κ2) is 5.64. The van der Waals surface area contributed by atoms with Gasteiger partial charge in [0.25, 0.3) is 0 Å². The highest BCUT2D eigenvalue weighted by Gasteiger charge is 2.10. The van der Waals surface area contributed by atoms with Gasteiger partial charge in [0.1, 0.15) is 0 Å². The third-order valence-electron chi connectivity index (χ3n) is 3.88. The standard InChI is InChI=1S/C20H20N2/c1-5-6-16(4)21-19-12-17-9-10-22-13-14(2)7-8-20(22)18(17)11-15(19)3/h5-13H,4H2,1-3H3/p+1/b6-5-. The summed E-state index contributed by atoms with van der Waals surface area (Å²) in [4.78, 5) is 0. The molecule has 2 heterocycles. The zero-order valence-corrected chi connectivity index (χ0v) is 13.4. The summed E-state index contributed by atoms with van der Waals surface area (Å²) in [6.45, 7) is 10.3. The molecule has 2 aromatic heterocycles. The van der Waals surface area contributed by atoms with Crippen molar-refractivity contribution in [3.8, 4) is 0 Å². The number of aryl methyl sites for hydroxylation is 2. The number of rotatable bonds is 3. The average molecular weight is 289 g/mol. The van der Waals surface area contributed by atoms with Crippen LogP contribution in [0, 0.1) is 13.8 Å². The Kier molecular flexibility index (Phi) is 3.68. The first kappa shape index (κ1) is 14.3. The molecule has 0 saturated carbocycles. The van der Waals surface area contributed by atoms with E-state index in [1.165, 1.54) is 27.4 Å². The summed E-state index contributed by atoms with van der Waals surface area (Å²) in [6.07, 6.45) is 8.23. The van der Waals surface area contributed by atoms with Crippen LogP contribution in [0.2, 0.25) is 0 Å². The van der Waals surface area contributed by atoms with Crippen LogP contribution in [0.5, 0.6) is 0 Å². The summed E-state index contributed by atoms with van der Waals surface area (Å²) in [5.41, 5.74) is 5.70. The van der Waals surface area contributed by atoms with Gasteiger partial charge in [-0.25, -0.2) is 0 Å². The molecule has 1 aromatic carbocycles. The second-order valence-electron chi connectivity index (χ2n) is 5.72. The third-order valence-corrected chi connectivity index (χ3v) is 3.88. The molecule has 0 bridgehead atoms. The van der Waals surface area contributed by atoms with Crippen LogP contribution in [0.4, 0.5) is 5.69 Å². The van der Waals surface area contributed by atoms with Crippen molar-refractivity contribution in [3.05, 3.63) is 78.3 Å². The maximum absolute atomic E-state index is 4.02. The lowest BCUT2D eigenvalue weighted by atomic mass is 10.0. The average Bonchev–Trinajstić information content (AvgIpc) is 2.48. The number of hydrogen-bond acceptors (Lipinski definition) is 1. The smallest absolute Gasteiger partial charge is 0.218 e. The lowest BCUT2D eigenvalue weighted by molar-refractivity contribution is -0.511. The van der Waals surface area contributed by atoms with E-state index in [1.807, 2.05) is 19.1 Å². The van der Waals surface area contributed by atoms with Gasteiger partial charge in [-0.3, -0.25) is 0 Å². The molecule has 0 aliphatic heterocycles. The highest BCUT2D eigenvalue weighted by molar-refractivity contribution is 5.96. The van der Waals surface area contributed by atoms with Gasteiger partial charge >= 0.3 is 0 Å². The van der Waals surface area contributed by atoms with Gasteiger partial charge in [0.2, 0.25) is 5.52 Å². The van der Waals surface area contributed by atoms with Gasteiger partial charge in [-0.15, -0.1) is 0 Å². The van der Waals surface area contributed by atoms with E-state index in [2.05, 4.69) is 72.9 Å². The molecule has 22 heavy (non-hydrogen) atoms. The van der Waals surface area contributed by atoms with Gasteiger partial charge < -0.3 is 5.32 Å². The van der Waals surface area contributed by atoms with Crippen LogP contribution in [-0.4, -0.2) is 0 Å². The van der Waals surface area contributed by atoms with Crippen molar-refractivity contribution in [3.63, 3.8) is 0 Å². The Morgan fingerprint density at radius 2 is 2.00 bits per heavy atom. The predicted molar refractivity (Wildman–Crippen MR) is 94.2 cm³/mol. The van der Waals surface area contributed by atoms with E-state index in [0.717, 1.165) is 11.4 Å². The Balaban J connectivity index is 2.16. The van der Waals surface area contributed by atoms with Gasteiger partial charge in [-0.1, -0.05) is 12.7 Å². The molecule has 0 aliphatic rings. The molecule has 0 radical (unpaired) electrons. The van der Waals surface area contributed by atoms with Crippen molar-refractivity contribution in [1.82, 2.24) is 0 Å². The monoisotopic (exact) mass is 289 g/mol. The fraction of sp³-hybridized carbons (Fsp3) is 0.150. The fourth-order valence-corrected chi connectivity index (χ4v) is 2.78. The third kappa shape index (κ3) is 2.60. The van der Waals surface area contributed by atoms with Gasteiger partial charge in [-0.2, -0.15) is 4.40 Å². The minimum atomic E-state index is 0.899. The molecule has 0 aliphatic carbocycles. The largest absolute Gasteiger partial charge is 0.356 e. The molecule has 0 spiro atoms. The summed E-state index contributed by atoms with van der Waals surface area (Å²) in [7, 11) is 0. The molecule has 0 unspecified atom stereocenters. The first-order chi connectivity index (χ1) is 10.6. The Labute approximate surface area is 131 Å². The Morgan fingerprint density at radius 3 is 2.77 bits per heavy atom. The zero-order valence-electron chi connectivity index (χ0n) is 13.4. The molecule has 110 valence electrons. The van der Waals surface area contributed by atoms with Crippen LogP contribution in [0.1, 0.15) is 18.1 Å². The highest BCUT2D eigenvalue weighted by atomic mass is 14.9. The van der Waals surface area contributed by atoms with Crippen molar-refractivity contribution in [1.29, 1.82) is 0 Å². The summed E-state index contributed by atoms with van der Waals surface area (Å²) in [5, 5.41) is 5.87. The van der Waals surface area contributed by atoms with Crippen molar-refractivity contribution < 1.29 is 4.40 Å². The normalized spacial score (nSPS) is 11.4. The summed E-state index contributed by atoms with van der Waals surface area (Å²) < 4.78 is 2.18. The number of allylic oxidation sites excluding steroid dienone is 2. The topological polar surface area (TPSA) is 16.1 Å². The maximum Gasteiger partial charge on any atom is 0.218 e. The number of aromatic nitrogens is 1. The van der Waals surface area contributed by atoms with E-state index in [1.54, 1.807) is 0 Å². The highest BCUT2D eigenvalue weighted by Crippen LogP contribution is 2.26. The Hall–Kier alpha value is -2.61. The number of nitrogens with zero attached hydrogens (tertiary/aromatic N) is 1.